The van der Waals surface area contributed by atoms with Crippen LogP contribution in [0, 0.1) is 0 Å². The van der Waals surface area contributed by atoms with E-state index < -0.39 is 17.7 Å². The zero-order chi connectivity index (χ0) is 18.4. The lowest BCUT2D eigenvalue weighted by Crippen LogP contribution is -2.39. The number of carbonyl (C=O) groups excluding carboxylic acids is 2. The average Bonchev–Trinajstić information content (AvgIpc) is 2.92. The maximum atomic E-state index is 11.9. The summed E-state index contributed by atoms with van der Waals surface area (Å²) in [4.78, 5) is 36.2. The van der Waals surface area contributed by atoms with E-state index >= 15 is 0 Å². The third kappa shape index (κ3) is 5.71. The van der Waals surface area contributed by atoms with Gasteiger partial charge in [-0.05, 0) is 20.8 Å². The summed E-state index contributed by atoms with van der Waals surface area (Å²) < 4.78 is 10.2. The van der Waals surface area contributed by atoms with Gasteiger partial charge in [0.2, 0.25) is 5.88 Å². The second-order valence-corrected chi connectivity index (χ2v) is 6.84. The molecule has 2 aromatic heterocycles. The number of rotatable bonds is 5. The zero-order valence-electron chi connectivity index (χ0n) is 14.4. The second kappa shape index (κ2) is 7.92. The largest absolute Gasteiger partial charge is 0.479 e. The number of hydrogen-bond donors (Lipinski definition) is 3. The van der Waals surface area contributed by atoms with E-state index in [0.717, 1.165) is 0 Å². The van der Waals surface area contributed by atoms with Gasteiger partial charge in [0.05, 0.1) is 7.11 Å². The highest BCUT2D eigenvalue weighted by molar-refractivity contribution is 7.22. The molecule has 10 nitrogen and oxygen atoms in total. The fraction of sp³-hybridized carbons (Fsp3) is 0.500. The molecule has 3 N–H and O–H groups in total. The number of fused-ring (bicyclic) bond motifs is 1. The molecule has 0 fully saturated rings. The molecule has 2 heterocycles. The molecule has 25 heavy (non-hydrogen) atoms. The summed E-state index contributed by atoms with van der Waals surface area (Å²) in [6.07, 6.45) is 0.831. The lowest BCUT2D eigenvalue weighted by molar-refractivity contribution is 0.0528. The van der Waals surface area contributed by atoms with Crippen molar-refractivity contribution in [1.82, 2.24) is 25.6 Å². The molecular formula is C14H20N6O4S. The Bertz CT molecular complexity index is 757. The molecule has 0 radical (unpaired) electrons. The number of anilines is 1. The molecule has 0 aliphatic carbocycles. The highest BCUT2D eigenvalue weighted by atomic mass is 32.1. The van der Waals surface area contributed by atoms with Crippen LogP contribution in [0.3, 0.4) is 0 Å². The van der Waals surface area contributed by atoms with Crippen molar-refractivity contribution in [2.45, 2.75) is 26.4 Å². The Labute approximate surface area is 148 Å². The van der Waals surface area contributed by atoms with Crippen LogP contribution >= 0.6 is 11.3 Å². The van der Waals surface area contributed by atoms with Crippen LogP contribution in [0.2, 0.25) is 0 Å². The van der Waals surface area contributed by atoms with Crippen molar-refractivity contribution in [3.63, 3.8) is 0 Å². The number of amides is 3. The average molecular weight is 368 g/mol. The van der Waals surface area contributed by atoms with Crippen LogP contribution in [-0.2, 0) is 4.74 Å². The lowest BCUT2D eigenvalue weighted by Gasteiger charge is -2.19. The third-order valence-corrected chi connectivity index (χ3v) is 3.53. The summed E-state index contributed by atoms with van der Waals surface area (Å²) >= 11 is 1.20. The number of urea groups is 1. The predicted octanol–water partition coefficient (Wildman–Crippen LogP) is 1.74. The Balaban J connectivity index is 1.78. The summed E-state index contributed by atoms with van der Waals surface area (Å²) in [6, 6.07) is -0.447. The first kappa shape index (κ1) is 18.6. The maximum absolute atomic E-state index is 11.9. The minimum absolute atomic E-state index is 0.235. The van der Waals surface area contributed by atoms with Gasteiger partial charge in [0, 0.05) is 13.1 Å². The van der Waals surface area contributed by atoms with Gasteiger partial charge < -0.3 is 20.1 Å². The maximum Gasteiger partial charge on any atom is 0.407 e. The molecule has 0 aliphatic rings. The fourth-order valence-corrected chi connectivity index (χ4v) is 2.53. The van der Waals surface area contributed by atoms with Crippen molar-refractivity contribution in [1.29, 1.82) is 0 Å². The van der Waals surface area contributed by atoms with Gasteiger partial charge in [0.25, 0.3) is 0 Å². The first-order valence-corrected chi connectivity index (χ1v) is 8.27. The van der Waals surface area contributed by atoms with Gasteiger partial charge in [0.15, 0.2) is 15.5 Å². The summed E-state index contributed by atoms with van der Waals surface area (Å²) in [5, 5.41) is 8.11. The quantitative estimate of drug-likeness (QED) is 0.686. The van der Waals surface area contributed by atoms with Crippen LogP contribution in [0.15, 0.2) is 6.33 Å². The van der Waals surface area contributed by atoms with Crippen molar-refractivity contribution in [3.05, 3.63) is 6.33 Å². The molecule has 0 spiro atoms. The highest BCUT2D eigenvalue weighted by Gasteiger charge is 2.16. The van der Waals surface area contributed by atoms with Gasteiger partial charge in [-0.2, -0.15) is 4.98 Å². The standard InChI is InChI=1S/C14H20N6O4S/c1-14(2,3)24-13(22)16-6-5-15-11(21)20-12-19-8-9(23-4)17-7-18-10(8)25-12/h7H,5-6H2,1-4H3,(H,16,22)(H2,15,19,20,21). The first-order valence-electron chi connectivity index (χ1n) is 7.46. The zero-order valence-corrected chi connectivity index (χ0v) is 15.2. The van der Waals surface area contributed by atoms with E-state index in [9.17, 15) is 9.59 Å². The monoisotopic (exact) mass is 368 g/mol. The number of aromatic nitrogens is 3. The summed E-state index contributed by atoms with van der Waals surface area (Å²) in [5.41, 5.74) is -0.0806. The van der Waals surface area contributed by atoms with Crippen LogP contribution in [0.5, 0.6) is 5.88 Å². The molecular weight excluding hydrogens is 348 g/mol. The van der Waals surface area contributed by atoms with Crippen molar-refractivity contribution >= 4 is 38.9 Å². The SMILES string of the molecule is COc1ncnc2sc(NC(=O)NCCNC(=O)OC(C)(C)C)nc12. The molecule has 2 aromatic rings. The van der Waals surface area contributed by atoms with Crippen molar-refractivity contribution in [2.75, 3.05) is 25.5 Å². The summed E-state index contributed by atoms with van der Waals surface area (Å²) in [7, 11) is 1.48. The fourth-order valence-electron chi connectivity index (χ4n) is 1.73. The van der Waals surface area contributed by atoms with Crippen LogP contribution in [0.1, 0.15) is 20.8 Å². The molecule has 0 aliphatic heterocycles. The molecule has 3 amide bonds. The van der Waals surface area contributed by atoms with Gasteiger partial charge >= 0.3 is 12.1 Å². The van der Waals surface area contributed by atoms with Crippen LogP contribution < -0.4 is 20.7 Å². The van der Waals surface area contributed by atoms with Gasteiger partial charge in [-0.3, -0.25) is 5.32 Å². The first-order chi connectivity index (χ1) is 11.8. The number of methoxy groups -OCH3 is 1. The van der Waals surface area contributed by atoms with E-state index in [0.29, 0.717) is 21.4 Å². The molecule has 2 rings (SSSR count). The number of nitrogens with zero attached hydrogens (tertiary/aromatic N) is 3. The van der Waals surface area contributed by atoms with Crippen LogP contribution in [0.4, 0.5) is 14.7 Å². The number of alkyl carbamates (subject to hydrolysis) is 1. The molecule has 0 saturated carbocycles. The van der Waals surface area contributed by atoms with E-state index in [1.54, 1.807) is 20.8 Å². The molecule has 0 bridgehead atoms. The molecule has 136 valence electrons. The van der Waals surface area contributed by atoms with Crippen LogP contribution in [0.25, 0.3) is 10.3 Å². The van der Waals surface area contributed by atoms with Crippen LogP contribution in [-0.4, -0.2) is 52.9 Å². The van der Waals surface area contributed by atoms with Crippen molar-refractivity contribution in [2.24, 2.45) is 0 Å². The Morgan fingerprint density at radius 1 is 1.20 bits per heavy atom. The van der Waals surface area contributed by atoms with Crippen molar-refractivity contribution < 1.29 is 19.1 Å². The smallest absolute Gasteiger partial charge is 0.407 e. The Morgan fingerprint density at radius 3 is 2.60 bits per heavy atom. The van der Waals surface area contributed by atoms with E-state index in [4.69, 9.17) is 9.47 Å². The number of hydrogen-bond acceptors (Lipinski definition) is 8. The van der Waals surface area contributed by atoms with Crippen molar-refractivity contribution in [3.8, 4) is 5.88 Å². The van der Waals surface area contributed by atoms with Gasteiger partial charge in [-0.15, -0.1) is 0 Å². The third-order valence-electron chi connectivity index (χ3n) is 2.65. The molecule has 11 heteroatoms. The van der Waals surface area contributed by atoms with Gasteiger partial charge in [-0.1, -0.05) is 11.3 Å². The normalized spacial score (nSPS) is 11.0. The van der Waals surface area contributed by atoms with Gasteiger partial charge in [-0.25, -0.2) is 19.6 Å². The summed E-state index contributed by atoms with van der Waals surface area (Å²) in [5.74, 6) is 0.344. The molecule has 0 saturated heterocycles. The lowest BCUT2D eigenvalue weighted by atomic mass is 10.2. The molecule has 0 atom stereocenters. The Kier molecular flexibility index (Phi) is 5.91. The minimum Gasteiger partial charge on any atom is -0.479 e. The topological polar surface area (TPSA) is 127 Å². The van der Waals surface area contributed by atoms with E-state index in [1.807, 2.05) is 0 Å². The minimum atomic E-state index is -0.564. The highest BCUT2D eigenvalue weighted by Crippen LogP contribution is 2.28. The Hall–Kier alpha value is -2.69. The van der Waals surface area contributed by atoms with E-state index in [-0.39, 0.29) is 13.1 Å². The Morgan fingerprint density at radius 2 is 1.92 bits per heavy atom. The second-order valence-electron chi connectivity index (χ2n) is 5.87. The number of thiazole rings is 1. The van der Waals surface area contributed by atoms with Gasteiger partial charge in [0.1, 0.15) is 11.9 Å². The summed E-state index contributed by atoms with van der Waals surface area (Å²) in [6.45, 7) is 5.79. The molecule has 0 aromatic carbocycles. The number of ether oxygens (including phenoxy) is 2. The predicted molar refractivity (Wildman–Crippen MR) is 93.0 cm³/mol. The number of nitrogens with one attached hydrogen (secondary N) is 3. The van der Waals surface area contributed by atoms with E-state index in [2.05, 4.69) is 30.9 Å². The molecule has 0 unspecified atom stereocenters. The van der Waals surface area contributed by atoms with E-state index in [1.165, 1.54) is 24.8 Å². The number of carbonyl (C=O) groups is 2.